The summed E-state index contributed by atoms with van der Waals surface area (Å²) in [5.74, 6) is 1.07. The van der Waals surface area contributed by atoms with Gasteiger partial charge in [-0.2, -0.15) is 0 Å². The predicted molar refractivity (Wildman–Crippen MR) is 67.0 cm³/mol. The Hall–Kier alpha value is -0.570. The third kappa shape index (κ3) is 3.78. The van der Waals surface area contributed by atoms with Crippen LogP contribution in [0.2, 0.25) is 0 Å². The minimum Gasteiger partial charge on any atom is -0.342 e. The lowest BCUT2D eigenvalue weighted by molar-refractivity contribution is -0.134. The van der Waals surface area contributed by atoms with Gasteiger partial charge in [0.1, 0.15) is 0 Å². The molecule has 1 fully saturated rings. The van der Waals surface area contributed by atoms with Gasteiger partial charge in [0.05, 0.1) is 0 Å². The molecule has 2 atom stereocenters. The topological polar surface area (TPSA) is 46.3 Å². The Morgan fingerprint density at radius 3 is 2.81 bits per heavy atom. The molecule has 3 nitrogen and oxygen atoms in total. The summed E-state index contributed by atoms with van der Waals surface area (Å²) in [6, 6.07) is 0. The first-order chi connectivity index (χ1) is 7.69. The quantitative estimate of drug-likeness (QED) is 0.797. The van der Waals surface area contributed by atoms with Crippen LogP contribution in [0.25, 0.3) is 0 Å². The Morgan fingerprint density at radius 2 is 2.19 bits per heavy atom. The summed E-state index contributed by atoms with van der Waals surface area (Å²) >= 11 is 0. The average Bonchev–Trinajstić information content (AvgIpc) is 2.53. The van der Waals surface area contributed by atoms with Crippen molar-refractivity contribution in [3.05, 3.63) is 0 Å². The van der Waals surface area contributed by atoms with E-state index in [1.807, 2.05) is 11.8 Å². The Morgan fingerprint density at radius 1 is 1.44 bits per heavy atom. The molecule has 3 heteroatoms. The summed E-state index contributed by atoms with van der Waals surface area (Å²) in [5.41, 5.74) is 5.55. The molecular formula is C13H26N2O. The Kier molecular flexibility index (Phi) is 5.81. The van der Waals surface area contributed by atoms with Crippen LogP contribution in [0.5, 0.6) is 0 Å². The third-order valence-corrected chi connectivity index (χ3v) is 3.63. The standard InChI is InChI=1S/C13H26N2O/c1-3-5-12-6-4-8-15(9-7-12)13(16)11(2)10-14/h11-12H,3-10,14H2,1-2H3. The van der Waals surface area contributed by atoms with Crippen LogP contribution < -0.4 is 5.73 Å². The molecule has 0 bridgehead atoms. The number of nitrogens with two attached hydrogens (primary N) is 1. The van der Waals surface area contributed by atoms with Gasteiger partial charge in [-0.1, -0.05) is 26.7 Å². The fraction of sp³-hybridized carbons (Fsp3) is 0.923. The molecule has 1 amide bonds. The molecule has 1 aliphatic heterocycles. The summed E-state index contributed by atoms with van der Waals surface area (Å²) in [6.45, 7) is 6.51. The fourth-order valence-electron chi connectivity index (χ4n) is 2.50. The fourth-order valence-corrected chi connectivity index (χ4v) is 2.50. The van der Waals surface area contributed by atoms with Crippen LogP contribution in [0, 0.1) is 11.8 Å². The van der Waals surface area contributed by atoms with Crippen molar-refractivity contribution in [3.63, 3.8) is 0 Å². The Bertz CT molecular complexity index is 218. The number of likely N-dealkylation sites (tertiary alicyclic amines) is 1. The minimum absolute atomic E-state index is 0.0114. The molecule has 0 spiro atoms. The molecule has 0 aromatic carbocycles. The van der Waals surface area contributed by atoms with Crippen molar-refractivity contribution in [2.75, 3.05) is 19.6 Å². The highest BCUT2D eigenvalue weighted by atomic mass is 16.2. The van der Waals surface area contributed by atoms with Gasteiger partial charge in [0.25, 0.3) is 0 Å². The molecule has 1 saturated heterocycles. The molecule has 2 N–H and O–H groups in total. The van der Waals surface area contributed by atoms with Gasteiger partial charge in [0.15, 0.2) is 0 Å². The highest BCUT2D eigenvalue weighted by molar-refractivity contribution is 5.78. The van der Waals surface area contributed by atoms with Crippen LogP contribution in [0.15, 0.2) is 0 Å². The lowest BCUT2D eigenvalue weighted by Crippen LogP contribution is -2.38. The molecule has 1 rings (SSSR count). The second kappa shape index (κ2) is 6.89. The zero-order valence-electron chi connectivity index (χ0n) is 10.7. The van der Waals surface area contributed by atoms with Gasteiger partial charge in [0, 0.05) is 25.6 Å². The van der Waals surface area contributed by atoms with Gasteiger partial charge in [-0.15, -0.1) is 0 Å². The van der Waals surface area contributed by atoms with Crippen molar-refractivity contribution in [1.82, 2.24) is 4.90 Å². The number of carbonyl (C=O) groups excluding carboxylic acids is 1. The van der Waals surface area contributed by atoms with Crippen LogP contribution in [0.1, 0.15) is 46.0 Å². The van der Waals surface area contributed by atoms with Crippen molar-refractivity contribution < 1.29 is 4.79 Å². The molecule has 0 radical (unpaired) electrons. The van der Waals surface area contributed by atoms with Crippen LogP contribution in [-0.4, -0.2) is 30.4 Å². The average molecular weight is 226 g/mol. The van der Waals surface area contributed by atoms with Gasteiger partial charge >= 0.3 is 0 Å². The molecule has 0 aromatic rings. The van der Waals surface area contributed by atoms with Crippen LogP contribution in [0.3, 0.4) is 0 Å². The molecule has 0 aliphatic carbocycles. The highest BCUT2D eigenvalue weighted by Gasteiger charge is 2.22. The zero-order chi connectivity index (χ0) is 12.0. The van der Waals surface area contributed by atoms with Crippen LogP contribution in [-0.2, 0) is 4.79 Å². The first kappa shape index (κ1) is 13.5. The smallest absolute Gasteiger partial charge is 0.226 e. The number of rotatable bonds is 4. The molecule has 0 saturated carbocycles. The molecule has 2 unspecified atom stereocenters. The molecule has 1 aliphatic rings. The number of hydrogen-bond acceptors (Lipinski definition) is 2. The summed E-state index contributed by atoms with van der Waals surface area (Å²) < 4.78 is 0. The van der Waals surface area contributed by atoms with Gasteiger partial charge in [0.2, 0.25) is 5.91 Å². The highest BCUT2D eigenvalue weighted by Crippen LogP contribution is 2.22. The van der Waals surface area contributed by atoms with Crippen molar-refractivity contribution in [2.45, 2.75) is 46.0 Å². The van der Waals surface area contributed by atoms with E-state index >= 15 is 0 Å². The van der Waals surface area contributed by atoms with Gasteiger partial charge in [-0.25, -0.2) is 0 Å². The van der Waals surface area contributed by atoms with Crippen molar-refractivity contribution in [2.24, 2.45) is 17.6 Å². The largest absolute Gasteiger partial charge is 0.342 e. The number of amides is 1. The molecule has 0 aromatic heterocycles. The number of carbonyl (C=O) groups is 1. The van der Waals surface area contributed by atoms with E-state index in [-0.39, 0.29) is 11.8 Å². The Balaban J connectivity index is 2.43. The van der Waals surface area contributed by atoms with Gasteiger partial charge in [-0.3, -0.25) is 4.79 Å². The monoisotopic (exact) mass is 226 g/mol. The van der Waals surface area contributed by atoms with Crippen molar-refractivity contribution >= 4 is 5.91 Å². The van der Waals surface area contributed by atoms with E-state index in [0.717, 1.165) is 25.4 Å². The predicted octanol–water partition coefficient (Wildman–Crippen LogP) is 2.01. The molecule has 1 heterocycles. The van der Waals surface area contributed by atoms with E-state index in [9.17, 15) is 4.79 Å². The maximum atomic E-state index is 12.0. The summed E-state index contributed by atoms with van der Waals surface area (Å²) in [4.78, 5) is 14.0. The van der Waals surface area contributed by atoms with E-state index in [1.165, 1.54) is 25.7 Å². The maximum absolute atomic E-state index is 12.0. The Labute approximate surface area is 99.4 Å². The lowest BCUT2D eigenvalue weighted by atomic mass is 9.96. The SMILES string of the molecule is CCCC1CCCN(C(=O)C(C)CN)CC1. The van der Waals surface area contributed by atoms with Crippen molar-refractivity contribution in [3.8, 4) is 0 Å². The number of nitrogens with zero attached hydrogens (tertiary/aromatic N) is 1. The molecular weight excluding hydrogens is 200 g/mol. The van der Waals surface area contributed by atoms with E-state index in [4.69, 9.17) is 5.73 Å². The molecule has 16 heavy (non-hydrogen) atoms. The first-order valence-electron chi connectivity index (χ1n) is 6.67. The second-order valence-electron chi connectivity index (χ2n) is 5.05. The minimum atomic E-state index is -0.0114. The van der Waals surface area contributed by atoms with Crippen LogP contribution >= 0.6 is 0 Å². The summed E-state index contributed by atoms with van der Waals surface area (Å²) in [5, 5.41) is 0. The summed E-state index contributed by atoms with van der Waals surface area (Å²) in [6.07, 6.45) is 6.20. The number of hydrogen-bond donors (Lipinski definition) is 1. The maximum Gasteiger partial charge on any atom is 0.226 e. The van der Waals surface area contributed by atoms with E-state index in [2.05, 4.69) is 6.92 Å². The lowest BCUT2D eigenvalue weighted by Gasteiger charge is -2.23. The van der Waals surface area contributed by atoms with Gasteiger partial charge in [-0.05, 0) is 25.2 Å². The van der Waals surface area contributed by atoms with Gasteiger partial charge < -0.3 is 10.6 Å². The third-order valence-electron chi connectivity index (χ3n) is 3.63. The van der Waals surface area contributed by atoms with Crippen molar-refractivity contribution in [1.29, 1.82) is 0 Å². The van der Waals surface area contributed by atoms with E-state index in [1.54, 1.807) is 0 Å². The van der Waals surface area contributed by atoms with Crippen LogP contribution in [0.4, 0.5) is 0 Å². The molecule has 94 valence electrons. The first-order valence-corrected chi connectivity index (χ1v) is 6.67. The van der Waals surface area contributed by atoms with E-state index in [0.29, 0.717) is 6.54 Å². The van der Waals surface area contributed by atoms with E-state index < -0.39 is 0 Å². The zero-order valence-corrected chi connectivity index (χ0v) is 10.7. The second-order valence-corrected chi connectivity index (χ2v) is 5.05. The normalized spacial score (nSPS) is 23.9. The summed E-state index contributed by atoms with van der Waals surface area (Å²) in [7, 11) is 0.